The van der Waals surface area contributed by atoms with E-state index in [-0.39, 0.29) is 45.1 Å². The number of hydrogen-bond acceptors (Lipinski definition) is 9. The minimum Gasteiger partial charge on any atom is -0.497 e. The fourth-order valence-electron chi connectivity index (χ4n) is 7.20. The van der Waals surface area contributed by atoms with E-state index in [1.54, 1.807) is 31.3 Å². The van der Waals surface area contributed by atoms with Crippen molar-refractivity contribution in [1.82, 2.24) is 19.9 Å². The van der Waals surface area contributed by atoms with Gasteiger partial charge in [0.15, 0.2) is 5.82 Å². The van der Waals surface area contributed by atoms with Gasteiger partial charge < -0.3 is 28.9 Å². The first-order valence-electron chi connectivity index (χ1n) is 17.6. The third-order valence-electron chi connectivity index (χ3n) is 9.64. The Morgan fingerprint density at radius 2 is 1.43 bits per heavy atom. The summed E-state index contributed by atoms with van der Waals surface area (Å²) in [5.74, 6) is 1.30. The fourth-order valence-corrected chi connectivity index (χ4v) is 7.69. The van der Waals surface area contributed by atoms with E-state index >= 15 is 8.78 Å². The Morgan fingerprint density at radius 1 is 0.852 bits per heavy atom. The van der Waals surface area contributed by atoms with Crippen LogP contribution in [0.25, 0.3) is 22.2 Å². The topological polar surface area (TPSA) is 93.2 Å². The lowest BCUT2D eigenvalue weighted by Gasteiger charge is -2.42. The zero-order chi connectivity index (χ0) is 38.3. The van der Waals surface area contributed by atoms with E-state index in [9.17, 15) is 4.79 Å². The van der Waals surface area contributed by atoms with Crippen LogP contribution in [0.5, 0.6) is 11.5 Å². The fraction of sp³-hybridized carbons (Fsp3) is 0.350. The van der Waals surface area contributed by atoms with Crippen molar-refractivity contribution in [3.05, 3.63) is 99.8 Å². The molecule has 2 fully saturated rings. The number of pyridine rings is 1. The van der Waals surface area contributed by atoms with Gasteiger partial charge in [0.05, 0.1) is 30.5 Å². The summed E-state index contributed by atoms with van der Waals surface area (Å²) in [5, 5.41) is 0.593. The molecule has 2 aromatic heterocycles. The van der Waals surface area contributed by atoms with Crippen molar-refractivity contribution in [2.24, 2.45) is 0 Å². The van der Waals surface area contributed by atoms with Crippen molar-refractivity contribution in [1.29, 1.82) is 0 Å². The molecule has 2 saturated heterocycles. The van der Waals surface area contributed by atoms with E-state index in [2.05, 4.69) is 9.97 Å². The summed E-state index contributed by atoms with van der Waals surface area (Å²) in [4.78, 5) is 31.5. The predicted molar refractivity (Wildman–Crippen MR) is 206 cm³/mol. The van der Waals surface area contributed by atoms with Crippen LogP contribution in [0.2, 0.25) is 10.0 Å². The highest BCUT2D eigenvalue weighted by atomic mass is 35.5. The van der Waals surface area contributed by atoms with Gasteiger partial charge in [-0.3, -0.25) is 0 Å². The summed E-state index contributed by atoms with van der Waals surface area (Å²) >= 11 is 13.6. The third kappa shape index (κ3) is 7.81. The number of benzene rings is 3. The second-order valence-corrected chi connectivity index (χ2v) is 15.4. The number of ether oxygens (including phenoxy) is 3. The molecular formula is C40H40Cl2F2N6O4. The molecule has 0 aliphatic carbocycles. The number of carbonyl (C=O) groups excluding carboxylic acids is 1. The Bertz CT molecular complexity index is 2120. The van der Waals surface area contributed by atoms with Crippen molar-refractivity contribution >= 4 is 51.8 Å². The van der Waals surface area contributed by atoms with Crippen LogP contribution in [-0.2, 0) is 17.8 Å². The van der Waals surface area contributed by atoms with Crippen LogP contribution >= 0.6 is 23.2 Å². The van der Waals surface area contributed by atoms with Gasteiger partial charge in [-0.25, -0.2) is 14.2 Å². The van der Waals surface area contributed by atoms with Crippen LogP contribution in [0.15, 0.2) is 66.7 Å². The third-order valence-corrected chi connectivity index (χ3v) is 10.2. The Balaban J connectivity index is 1.25. The molecular weight excluding hydrogens is 737 g/mol. The van der Waals surface area contributed by atoms with E-state index in [4.69, 9.17) is 42.4 Å². The molecule has 0 radical (unpaired) electrons. The Morgan fingerprint density at radius 3 is 1.96 bits per heavy atom. The summed E-state index contributed by atoms with van der Waals surface area (Å²) in [7, 11) is 3.22. The number of rotatable bonds is 9. The number of halogens is 4. The molecule has 14 heteroatoms. The summed E-state index contributed by atoms with van der Waals surface area (Å²) in [6.07, 6.45) is -0.00567. The van der Waals surface area contributed by atoms with Crippen LogP contribution in [0.3, 0.4) is 0 Å². The van der Waals surface area contributed by atoms with Crippen molar-refractivity contribution in [3.8, 4) is 22.8 Å². The van der Waals surface area contributed by atoms with Gasteiger partial charge in [-0.2, -0.15) is 14.4 Å². The average molecular weight is 778 g/mol. The van der Waals surface area contributed by atoms with Crippen molar-refractivity contribution in [3.63, 3.8) is 0 Å². The molecule has 0 N–H and O–H groups in total. The van der Waals surface area contributed by atoms with Gasteiger partial charge in [0.2, 0.25) is 0 Å². The predicted octanol–water partition coefficient (Wildman–Crippen LogP) is 9.09. The number of aromatic nitrogens is 3. The zero-order valence-electron chi connectivity index (χ0n) is 30.6. The highest BCUT2D eigenvalue weighted by Gasteiger charge is 2.44. The summed E-state index contributed by atoms with van der Waals surface area (Å²) in [6, 6.07) is 19.8. The molecule has 0 spiro atoms. The maximum Gasteiger partial charge on any atom is 0.410 e. The lowest BCUT2D eigenvalue weighted by Crippen LogP contribution is -2.56. The quantitative estimate of drug-likeness (QED) is 0.136. The summed E-state index contributed by atoms with van der Waals surface area (Å²) < 4.78 is 48.4. The number of fused-ring (bicyclic) bond motifs is 3. The van der Waals surface area contributed by atoms with Gasteiger partial charge in [-0.1, -0.05) is 47.5 Å². The highest BCUT2D eigenvalue weighted by Crippen LogP contribution is 2.42. The van der Waals surface area contributed by atoms with E-state index in [0.29, 0.717) is 37.0 Å². The Kier molecular flexibility index (Phi) is 10.4. The van der Waals surface area contributed by atoms with Crippen molar-refractivity contribution < 1.29 is 27.8 Å². The molecule has 5 aromatic rings. The number of piperazine rings is 1. The van der Waals surface area contributed by atoms with Gasteiger partial charge in [-0.15, -0.1) is 0 Å². The standard InChI is InChI=1S/C40H40Cl2F2N6O4/c1-40(2,3)54-39(51)49-21-26-10-11-27(22-49)50(26)37-30-18-31(42)34(35(43)36(30)46-38(44)47-37)32-16-25(41)17-33(45-32)48(19-23-6-12-28(52-4)13-7-23)20-24-8-14-29(53-5)15-9-24/h6-9,12-18,26-27H,10-11,19-22H2,1-5H3. The summed E-state index contributed by atoms with van der Waals surface area (Å²) in [6.45, 7) is 7.03. The molecule has 282 valence electrons. The molecule has 2 aliphatic rings. The zero-order valence-corrected chi connectivity index (χ0v) is 32.1. The van der Waals surface area contributed by atoms with Gasteiger partial charge in [0, 0.05) is 48.7 Å². The molecule has 4 heterocycles. The molecule has 54 heavy (non-hydrogen) atoms. The molecule has 2 unspecified atom stereocenters. The lowest BCUT2D eigenvalue weighted by molar-refractivity contribution is 0.0209. The Labute approximate surface area is 322 Å². The lowest BCUT2D eigenvalue weighted by atomic mass is 10.1. The first-order chi connectivity index (χ1) is 25.8. The molecule has 1 amide bonds. The number of hydrogen-bond donors (Lipinski definition) is 0. The average Bonchev–Trinajstić information content (AvgIpc) is 3.39. The number of likely N-dealkylation sites (tertiary alicyclic amines) is 1. The van der Waals surface area contributed by atoms with Gasteiger partial charge >= 0.3 is 12.2 Å². The van der Waals surface area contributed by atoms with E-state index in [1.165, 1.54) is 6.07 Å². The van der Waals surface area contributed by atoms with E-state index in [1.807, 2.05) is 79.1 Å². The van der Waals surface area contributed by atoms with Gasteiger partial charge in [0.25, 0.3) is 0 Å². The second kappa shape index (κ2) is 15.1. The Hall–Kier alpha value is -4.94. The molecule has 7 rings (SSSR count). The number of methoxy groups -OCH3 is 2. The molecule has 0 saturated carbocycles. The molecule has 2 bridgehead atoms. The number of carbonyl (C=O) groups is 1. The highest BCUT2D eigenvalue weighted by molar-refractivity contribution is 6.35. The smallest absolute Gasteiger partial charge is 0.410 e. The maximum absolute atomic E-state index is 16.8. The van der Waals surface area contributed by atoms with Crippen LogP contribution in [0.4, 0.5) is 25.2 Å². The maximum atomic E-state index is 16.8. The molecule has 3 aromatic carbocycles. The number of amides is 1. The molecule has 10 nitrogen and oxygen atoms in total. The summed E-state index contributed by atoms with van der Waals surface area (Å²) in [5.41, 5.74) is 1.16. The van der Waals surface area contributed by atoms with E-state index < -0.39 is 23.6 Å². The number of anilines is 2. The first-order valence-corrected chi connectivity index (χ1v) is 18.4. The monoisotopic (exact) mass is 776 g/mol. The van der Waals surface area contributed by atoms with Crippen LogP contribution in [0, 0.1) is 11.9 Å². The van der Waals surface area contributed by atoms with Gasteiger partial charge in [-0.05, 0) is 87.2 Å². The minimum atomic E-state index is -1.08. The van der Waals surface area contributed by atoms with Crippen LogP contribution in [0.1, 0.15) is 44.7 Å². The largest absolute Gasteiger partial charge is 0.497 e. The van der Waals surface area contributed by atoms with Crippen molar-refractivity contribution in [2.75, 3.05) is 37.1 Å². The number of nitrogens with zero attached hydrogens (tertiary/aromatic N) is 6. The van der Waals surface area contributed by atoms with Crippen molar-refractivity contribution in [2.45, 2.75) is 64.4 Å². The minimum absolute atomic E-state index is 0.0359. The first kappa shape index (κ1) is 37.4. The molecule has 2 aliphatic heterocycles. The SMILES string of the molecule is COc1ccc(CN(Cc2ccc(OC)cc2)c2cc(Cl)cc(-c3c(Cl)cc4c(N5C6CCC5CN(C(=O)OC(C)(C)C)C6)nc(F)nc4c3F)n2)cc1. The van der Waals surface area contributed by atoms with Crippen LogP contribution < -0.4 is 19.3 Å². The second-order valence-electron chi connectivity index (χ2n) is 14.5. The normalized spacial score (nSPS) is 16.8. The molecule has 2 atom stereocenters. The van der Waals surface area contributed by atoms with E-state index in [0.717, 1.165) is 35.5 Å². The van der Waals surface area contributed by atoms with Gasteiger partial charge in [0.1, 0.15) is 34.3 Å². The van der Waals surface area contributed by atoms with Crippen LogP contribution in [-0.4, -0.2) is 70.9 Å².